The van der Waals surface area contributed by atoms with Crippen molar-refractivity contribution in [3.05, 3.63) is 88.5 Å². The minimum Gasteiger partial charge on any atom is -0.496 e. The lowest BCUT2D eigenvalue weighted by molar-refractivity contribution is -0.896. The fourth-order valence-electron chi connectivity index (χ4n) is 4.48. The third-order valence-electron chi connectivity index (χ3n) is 6.15. The van der Waals surface area contributed by atoms with Gasteiger partial charge < -0.3 is 20.6 Å². The first-order valence-corrected chi connectivity index (χ1v) is 11.6. The summed E-state index contributed by atoms with van der Waals surface area (Å²) >= 11 is 0. The van der Waals surface area contributed by atoms with Gasteiger partial charge in [-0.1, -0.05) is 6.07 Å². The summed E-state index contributed by atoms with van der Waals surface area (Å²) in [5.74, 6) is -0.296. The van der Waals surface area contributed by atoms with E-state index in [1.165, 1.54) is 19.2 Å². The second-order valence-corrected chi connectivity index (χ2v) is 8.70. The number of carbonyl (C=O) groups excluding carboxylic acids is 2. The van der Waals surface area contributed by atoms with Crippen molar-refractivity contribution in [2.75, 3.05) is 19.5 Å². The normalized spacial score (nSPS) is 10.8. The molecule has 4 rings (SSSR count). The van der Waals surface area contributed by atoms with Gasteiger partial charge in [0.2, 0.25) is 0 Å². The fraction of sp³-hybridized carbons (Fsp3) is 0.179. The number of hydrogen-bond donors (Lipinski definition) is 4. The summed E-state index contributed by atoms with van der Waals surface area (Å²) < 4.78 is 20.3. The molecule has 0 radical (unpaired) electrons. The van der Waals surface area contributed by atoms with E-state index in [1.54, 1.807) is 50.4 Å². The van der Waals surface area contributed by atoms with Crippen molar-refractivity contribution in [2.45, 2.75) is 20.8 Å². The zero-order chi connectivity index (χ0) is 26.9. The molecule has 1 aromatic heterocycles. The van der Waals surface area contributed by atoms with E-state index in [2.05, 4.69) is 15.6 Å². The van der Waals surface area contributed by atoms with Crippen molar-refractivity contribution in [3.8, 4) is 28.3 Å². The van der Waals surface area contributed by atoms with E-state index in [-0.39, 0.29) is 23.2 Å². The molecule has 0 atom stereocenters. The minimum absolute atomic E-state index is 0.00635. The number of halogens is 1. The van der Waals surface area contributed by atoms with Crippen molar-refractivity contribution in [1.82, 2.24) is 10.3 Å². The molecule has 4 N–H and O–H groups in total. The van der Waals surface area contributed by atoms with Crippen LogP contribution in [0, 0.1) is 26.6 Å². The summed E-state index contributed by atoms with van der Waals surface area (Å²) in [6.07, 6.45) is 0. The van der Waals surface area contributed by atoms with E-state index in [9.17, 15) is 19.2 Å². The molecule has 8 nitrogen and oxygen atoms in total. The maximum Gasteiger partial charge on any atom is 0.327 e. The number of carbonyl (C=O) groups is 2. The first-order valence-electron chi connectivity index (χ1n) is 11.6. The van der Waals surface area contributed by atoms with Gasteiger partial charge in [0.25, 0.3) is 11.6 Å². The van der Waals surface area contributed by atoms with E-state index < -0.39 is 5.91 Å². The number of imidazole rings is 1. The van der Waals surface area contributed by atoms with Gasteiger partial charge >= 0.3 is 11.7 Å². The summed E-state index contributed by atoms with van der Waals surface area (Å²) in [7, 11) is 3.08. The van der Waals surface area contributed by atoms with Gasteiger partial charge in [0, 0.05) is 30.8 Å². The molecule has 0 saturated heterocycles. The highest BCUT2D eigenvalue weighted by Crippen LogP contribution is 2.37. The summed E-state index contributed by atoms with van der Waals surface area (Å²) in [6, 6.07) is 14.7. The van der Waals surface area contributed by atoms with Crippen LogP contribution in [0.2, 0.25) is 0 Å². The van der Waals surface area contributed by atoms with Crippen LogP contribution in [-0.4, -0.2) is 36.2 Å². The number of anilines is 1. The van der Waals surface area contributed by atoms with Crippen LogP contribution < -0.4 is 20.1 Å². The topological polar surface area (TPSA) is 107 Å². The number of H-pyrrole nitrogens is 1. The average Bonchev–Trinajstić information content (AvgIpc) is 3.16. The van der Waals surface area contributed by atoms with Crippen LogP contribution in [0.4, 0.5) is 10.1 Å². The molecule has 9 heteroatoms. The standard InChI is InChI=1S/C28H27FN4O4/c1-15-11-20(29)12-16(2)24(15)22-14-18(9-10-23(22)37-5)26-31-17(3)25(33(26)36)28(35)32-21-8-6-7-19(13-21)27(34)30-4/h6-14,36H,1-5H3,(H2,30,32,34,35)/p+1. The van der Waals surface area contributed by atoms with Gasteiger partial charge in [-0.15, -0.1) is 0 Å². The van der Waals surface area contributed by atoms with Gasteiger partial charge in [0.1, 0.15) is 11.6 Å². The summed E-state index contributed by atoms with van der Waals surface area (Å²) in [4.78, 5) is 28.1. The van der Waals surface area contributed by atoms with Crippen LogP contribution in [-0.2, 0) is 0 Å². The summed E-state index contributed by atoms with van der Waals surface area (Å²) in [6.45, 7) is 5.32. The molecule has 190 valence electrons. The van der Waals surface area contributed by atoms with Crippen molar-refractivity contribution in [2.24, 2.45) is 0 Å². The first-order chi connectivity index (χ1) is 17.6. The maximum absolute atomic E-state index is 13.9. The number of aromatic amines is 1. The number of benzene rings is 3. The number of rotatable bonds is 6. The Hall–Kier alpha value is -4.66. The third kappa shape index (κ3) is 4.88. The SMILES string of the molecule is CNC(=O)c1cccc(NC(=O)c2c(C)[nH]c(-c3ccc(OC)c(-c4c(C)cc(F)cc4C)c3)[n+]2O)c1. The van der Waals surface area contributed by atoms with Crippen LogP contribution in [0.3, 0.4) is 0 Å². The molecule has 0 saturated carbocycles. The molecule has 3 aromatic carbocycles. The molecule has 1 heterocycles. The predicted molar refractivity (Wildman–Crippen MR) is 138 cm³/mol. The van der Waals surface area contributed by atoms with Gasteiger partial charge in [-0.25, -0.2) is 9.37 Å². The lowest BCUT2D eigenvalue weighted by Crippen LogP contribution is -2.39. The van der Waals surface area contributed by atoms with Crippen molar-refractivity contribution in [3.63, 3.8) is 0 Å². The van der Waals surface area contributed by atoms with Gasteiger partial charge in [-0.2, -0.15) is 0 Å². The van der Waals surface area contributed by atoms with Crippen molar-refractivity contribution in [1.29, 1.82) is 0 Å². The Morgan fingerprint density at radius 1 is 1.00 bits per heavy atom. The van der Waals surface area contributed by atoms with E-state index in [1.807, 2.05) is 19.9 Å². The van der Waals surface area contributed by atoms with E-state index in [0.717, 1.165) is 27.0 Å². The largest absolute Gasteiger partial charge is 0.496 e. The Labute approximate surface area is 213 Å². The van der Waals surface area contributed by atoms with Crippen LogP contribution >= 0.6 is 0 Å². The highest BCUT2D eigenvalue weighted by Gasteiger charge is 2.30. The molecule has 0 aliphatic rings. The van der Waals surface area contributed by atoms with Crippen LogP contribution in [0.15, 0.2) is 54.6 Å². The monoisotopic (exact) mass is 503 g/mol. The highest BCUT2D eigenvalue weighted by atomic mass is 19.1. The lowest BCUT2D eigenvalue weighted by Gasteiger charge is -2.15. The molecule has 37 heavy (non-hydrogen) atoms. The fourth-order valence-corrected chi connectivity index (χ4v) is 4.48. The molecule has 2 amide bonds. The Bertz CT molecular complexity index is 1500. The molecule has 4 aromatic rings. The number of amides is 2. The van der Waals surface area contributed by atoms with Gasteiger partial charge in [0.05, 0.1) is 12.7 Å². The number of nitrogens with zero attached hydrogens (tertiary/aromatic N) is 1. The Morgan fingerprint density at radius 2 is 1.70 bits per heavy atom. The maximum atomic E-state index is 13.9. The van der Waals surface area contributed by atoms with Crippen LogP contribution in [0.5, 0.6) is 5.75 Å². The second kappa shape index (κ2) is 10.1. The number of ether oxygens (including phenoxy) is 1. The molecule has 0 bridgehead atoms. The van der Waals surface area contributed by atoms with E-state index in [4.69, 9.17) is 4.74 Å². The number of aromatic nitrogens is 2. The van der Waals surface area contributed by atoms with Gasteiger partial charge in [-0.3, -0.25) is 9.59 Å². The molecule has 0 spiro atoms. The predicted octanol–water partition coefficient (Wildman–Crippen LogP) is 4.56. The summed E-state index contributed by atoms with van der Waals surface area (Å²) in [5, 5.41) is 16.3. The zero-order valence-corrected chi connectivity index (χ0v) is 21.2. The Morgan fingerprint density at radius 3 is 2.35 bits per heavy atom. The van der Waals surface area contributed by atoms with Crippen LogP contribution in [0.25, 0.3) is 22.5 Å². The minimum atomic E-state index is -0.560. The third-order valence-corrected chi connectivity index (χ3v) is 6.15. The summed E-state index contributed by atoms with van der Waals surface area (Å²) in [5.41, 5.74) is 4.85. The second-order valence-electron chi connectivity index (χ2n) is 8.70. The molecule has 0 fully saturated rings. The number of aryl methyl sites for hydroxylation is 3. The molecule has 0 aliphatic heterocycles. The molecular formula is C28H28FN4O4+. The Balaban J connectivity index is 1.73. The molecular weight excluding hydrogens is 475 g/mol. The van der Waals surface area contributed by atoms with E-state index in [0.29, 0.717) is 28.3 Å². The smallest absolute Gasteiger partial charge is 0.327 e. The first kappa shape index (κ1) is 25.4. The Kier molecular flexibility index (Phi) is 6.97. The van der Waals surface area contributed by atoms with Crippen molar-refractivity contribution < 1.29 is 28.7 Å². The average molecular weight is 504 g/mol. The number of nitrogens with one attached hydrogen (secondary N) is 3. The number of methoxy groups -OCH3 is 1. The number of hydrogen-bond acceptors (Lipinski definition) is 4. The zero-order valence-electron chi connectivity index (χ0n) is 21.2. The lowest BCUT2D eigenvalue weighted by atomic mass is 9.93. The van der Waals surface area contributed by atoms with E-state index >= 15 is 0 Å². The van der Waals surface area contributed by atoms with Gasteiger partial charge in [-0.05, 0) is 83.8 Å². The van der Waals surface area contributed by atoms with Crippen LogP contribution in [0.1, 0.15) is 37.7 Å². The van der Waals surface area contributed by atoms with Gasteiger partial charge in [0.15, 0.2) is 5.69 Å². The van der Waals surface area contributed by atoms with Crippen molar-refractivity contribution >= 4 is 17.5 Å². The molecule has 0 unspecified atom stereocenters. The molecule has 0 aliphatic carbocycles. The quantitative estimate of drug-likeness (QED) is 0.229. The highest BCUT2D eigenvalue weighted by molar-refractivity contribution is 6.03.